The van der Waals surface area contributed by atoms with E-state index in [-0.39, 0.29) is 0 Å². The number of pyridine rings is 1. The van der Waals surface area contributed by atoms with Crippen molar-refractivity contribution in [2.24, 2.45) is 0 Å². The molecular weight excluding hydrogens is 358 g/mol. The summed E-state index contributed by atoms with van der Waals surface area (Å²) in [6.07, 6.45) is 1.88. The summed E-state index contributed by atoms with van der Waals surface area (Å²) in [7, 11) is 0. The topological polar surface area (TPSA) is 39.2 Å². The second kappa shape index (κ2) is 5.95. The number of hydrogen-bond donors (Lipinski definition) is 0. The van der Waals surface area contributed by atoms with E-state index >= 15 is 0 Å². The van der Waals surface area contributed by atoms with E-state index in [9.17, 15) is 0 Å². The number of hydrogen-bond acceptors (Lipinski definition) is 3. The maximum Gasteiger partial charge on any atom is 0.147 e. The number of aromatic nitrogens is 1. The summed E-state index contributed by atoms with van der Waals surface area (Å²) in [6.45, 7) is 4.39. The third-order valence-electron chi connectivity index (χ3n) is 5.73. The van der Waals surface area contributed by atoms with Gasteiger partial charge in [0.25, 0.3) is 0 Å². The summed E-state index contributed by atoms with van der Waals surface area (Å²) in [5.41, 5.74) is 6.69. The predicted molar refractivity (Wildman–Crippen MR) is 118 cm³/mol. The zero-order chi connectivity index (χ0) is 19.5. The molecule has 0 aliphatic carbocycles. The molecule has 0 N–H and O–H groups in total. The van der Waals surface area contributed by atoms with Crippen LogP contribution in [0.5, 0.6) is 0 Å². The Morgan fingerprint density at radius 3 is 2.45 bits per heavy atom. The lowest BCUT2D eigenvalue weighted by molar-refractivity contribution is 0.663. The van der Waals surface area contributed by atoms with Crippen molar-refractivity contribution < 1.29 is 8.83 Å². The fourth-order valence-corrected chi connectivity index (χ4v) is 4.22. The highest BCUT2D eigenvalue weighted by molar-refractivity contribution is 6.22. The van der Waals surface area contributed by atoms with Gasteiger partial charge in [0.1, 0.15) is 22.3 Å². The molecule has 0 atom stereocenters. The molecule has 3 aromatic carbocycles. The first-order chi connectivity index (χ1) is 14.2. The summed E-state index contributed by atoms with van der Waals surface area (Å²) in [4.78, 5) is 4.64. The molecule has 6 aromatic rings. The van der Waals surface area contributed by atoms with Crippen molar-refractivity contribution in [3.63, 3.8) is 0 Å². The standard InChI is InChI=1S/C26H19NO2/c1-15(2)16-12-13-27-21(14-16)19-8-5-7-17-18-10-11-23-24(26(18)29-25(17)19)20-6-3-4-9-22(20)28-23/h3-15H,1-2H3. The van der Waals surface area contributed by atoms with Gasteiger partial charge in [-0.2, -0.15) is 0 Å². The Labute approximate surface area is 167 Å². The molecule has 0 bridgehead atoms. The molecule has 0 amide bonds. The first-order valence-corrected chi connectivity index (χ1v) is 9.92. The summed E-state index contributed by atoms with van der Waals surface area (Å²) in [5.74, 6) is 0.448. The fraction of sp³-hybridized carbons (Fsp3) is 0.115. The van der Waals surface area contributed by atoms with Crippen LogP contribution in [-0.4, -0.2) is 4.98 Å². The van der Waals surface area contributed by atoms with Gasteiger partial charge in [-0.25, -0.2) is 0 Å². The minimum absolute atomic E-state index is 0.448. The first-order valence-electron chi connectivity index (χ1n) is 9.92. The average molecular weight is 377 g/mol. The van der Waals surface area contributed by atoms with Crippen LogP contribution < -0.4 is 0 Å². The van der Waals surface area contributed by atoms with E-state index in [2.05, 4.69) is 61.3 Å². The highest BCUT2D eigenvalue weighted by atomic mass is 16.3. The van der Waals surface area contributed by atoms with E-state index in [1.165, 1.54) is 5.56 Å². The quantitative estimate of drug-likeness (QED) is 0.311. The van der Waals surface area contributed by atoms with Crippen molar-refractivity contribution >= 4 is 43.9 Å². The van der Waals surface area contributed by atoms with Crippen LogP contribution in [0.4, 0.5) is 0 Å². The number of para-hydroxylation sites is 2. The molecule has 29 heavy (non-hydrogen) atoms. The summed E-state index contributed by atoms with van der Waals surface area (Å²) >= 11 is 0. The highest BCUT2D eigenvalue weighted by Crippen LogP contribution is 2.41. The first kappa shape index (κ1) is 16.4. The highest BCUT2D eigenvalue weighted by Gasteiger charge is 2.18. The molecule has 0 fully saturated rings. The van der Waals surface area contributed by atoms with Crippen LogP contribution in [0.2, 0.25) is 0 Å². The van der Waals surface area contributed by atoms with Crippen LogP contribution >= 0.6 is 0 Å². The number of benzene rings is 3. The van der Waals surface area contributed by atoms with Crippen LogP contribution in [0.15, 0.2) is 81.8 Å². The van der Waals surface area contributed by atoms with Crippen LogP contribution in [-0.2, 0) is 0 Å². The second-order valence-corrected chi connectivity index (χ2v) is 7.83. The minimum atomic E-state index is 0.448. The SMILES string of the molecule is CC(C)c1ccnc(-c2cccc3c2oc2c3ccc3oc4ccccc4c32)c1. The van der Waals surface area contributed by atoms with Gasteiger partial charge < -0.3 is 8.83 Å². The third kappa shape index (κ3) is 2.34. The maximum absolute atomic E-state index is 6.52. The van der Waals surface area contributed by atoms with Gasteiger partial charge in [-0.15, -0.1) is 0 Å². The van der Waals surface area contributed by atoms with E-state index in [0.717, 1.165) is 55.1 Å². The number of nitrogens with zero attached hydrogens (tertiary/aromatic N) is 1. The van der Waals surface area contributed by atoms with Gasteiger partial charge in [0.05, 0.1) is 11.1 Å². The van der Waals surface area contributed by atoms with Gasteiger partial charge >= 0.3 is 0 Å². The predicted octanol–water partition coefficient (Wildman–Crippen LogP) is 7.67. The number of fused-ring (bicyclic) bond motifs is 7. The maximum atomic E-state index is 6.52. The molecule has 6 rings (SSSR count). The van der Waals surface area contributed by atoms with Crippen LogP contribution in [0.25, 0.3) is 55.1 Å². The lowest BCUT2D eigenvalue weighted by Crippen LogP contribution is -1.90. The zero-order valence-electron chi connectivity index (χ0n) is 16.3. The summed E-state index contributed by atoms with van der Waals surface area (Å²) < 4.78 is 12.6. The van der Waals surface area contributed by atoms with Crippen molar-refractivity contribution in [2.75, 3.05) is 0 Å². The summed E-state index contributed by atoms with van der Waals surface area (Å²) in [6, 6.07) is 22.8. The molecular formula is C26H19NO2. The van der Waals surface area contributed by atoms with Crippen LogP contribution in [0, 0.1) is 0 Å². The molecule has 0 saturated carbocycles. The summed E-state index contributed by atoms with van der Waals surface area (Å²) in [5, 5.41) is 4.31. The molecule has 0 aliphatic rings. The smallest absolute Gasteiger partial charge is 0.147 e. The number of rotatable bonds is 2. The second-order valence-electron chi connectivity index (χ2n) is 7.83. The van der Waals surface area contributed by atoms with Crippen molar-refractivity contribution in [3.8, 4) is 11.3 Å². The van der Waals surface area contributed by atoms with E-state index in [0.29, 0.717) is 5.92 Å². The monoisotopic (exact) mass is 377 g/mol. The Hall–Kier alpha value is -3.59. The molecule has 0 aliphatic heterocycles. The van der Waals surface area contributed by atoms with Crippen LogP contribution in [0.3, 0.4) is 0 Å². The van der Waals surface area contributed by atoms with E-state index in [1.54, 1.807) is 0 Å². The van der Waals surface area contributed by atoms with E-state index in [1.807, 2.05) is 30.5 Å². The Morgan fingerprint density at radius 2 is 1.55 bits per heavy atom. The fourth-order valence-electron chi connectivity index (χ4n) is 4.22. The van der Waals surface area contributed by atoms with Crippen molar-refractivity contribution in [1.82, 2.24) is 4.98 Å². The molecule has 3 heteroatoms. The average Bonchev–Trinajstić information content (AvgIpc) is 3.31. The van der Waals surface area contributed by atoms with Gasteiger partial charge in [0.15, 0.2) is 0 Å². The van der Waals surface area contributed by atoms with Crippen LogP contribution in [0.1, 0.15) is 25.3 Å². The molecule has 0 radical (unpaired) electrons. The third-order valence-corrected chi connectivity index (χ3v) is 5.73. The normalized spacial score (nSPS) is 12.1. The van der Waals surface area contributed by atoms with Gasteiger partial charge in [0, 0.05) is 27.9 Å². The minimum Gasteiger partial charge on any atom is -0.456 e. The Morgan fingerprint density at radius 1 is 0.724 bits per heavy atom. The molecule has 140 valence electrons. The molecule has 0 saturated heterocycles. The van der Waals surface area contributed by atoms with Crippen molar-refractivity contribution in [3.05, 3.63) is 78.5 Å². The van der Waals surface area contributed by atoms with Gasteiger partial charge in [-0.05, 0) is 47.9 Å². The van der Waals surface area contributed by atoms with E-state index < -0.39 is 0 Å². The largest absolute Gasteiger partial charge is 0.456 e. The Bertz CT molecular complexity index is 1530. The van der Waals surface area contributed by atoms with Crippen molar-refractivity contribution in [1.29, 1.82) is 0 Å². The molecule has 3 aromatic heterocycles. The Balaban J connectivity index is 1.71. The van der Waals surface area contributed by atoms with Gasteiger partial charge in [-0.1, -0.05) is 44.2 Å². The molecule has 0 spiro atoms. The van der Waals surface area contributed by atoms with E-state index in [4.69, 9.17) is 8.83 Å². The van der Waals surface area contributed by atoms with Gasteiger partial charge in [0.2, 0.25) is 0 Å². The lowest BCUT2D eigenvalue weighted by Gasteiger charge is -2.07. The number of furan rings is 2. The van der Waals surface area contributed by atoms with Crippen molar-refractivity contribution in [2.45, 2.75) is 19.8 Å². The van der Waals surface area contributed by atoms with Gasteiger partial charge in [-0.3, -0.25) is 4.98 Å². The molecule has 3 nitrogen and oxygen atoms in total. The lowest BCUT2D eigenvalue weighted by atomic mass is 10.0. The molecule has 0 unspecified atom stereocenters. The zero-order valence-corrected chi connectivity index (χ0v) is 16.3. The molecule has 3 heterocycles. The Kier molecular flexibility index (Phi) is 3.36.